The first-order valence-electron chi connectivity index (χ1n) is 5.14. The van der Waals surface area contributed by atoms with E-state index in [1.807, 2.05) is 0 Å². The van der Waals surface area contributed by atoms with Crippen LogP contribution in [-0.4, -0.2) is 34.7 Å². The van der Waals surface area contributed by atoms with E-state index in [9.17, 15) is 5.11 Å². The Hall–Kier alpha value is -0.0800. The van der Waals surface area contributed by atoms with Crippen LogP contribution < -0.4 is 0 Å². The standard InChI is InChI=1S/C10H21NO/c1-4-7-10(8-9(10)12)11(5-2)6-3/h9,12H,4-8H2,1-3H3. The van der Waals surface area contributed by atoms with Crippen molar-refractivity contribution in [3.8, 4) is 0 Å². The molecule has 1 saturated carbocycles. The molecule has 12 heavy (non-hydrogen) atoms. The van der Waals surface area contributed by atoms with E-state index in [2.05, 4.69) is 25.7 Å². The van der Waals surface area contributed by atoms with Crippen molar-refractivity contribution in [2.45, 2.75) is 51.7 Å². The molecule has 0 radical (unpaired) electrons. The Kier molecular flexibility index (Phi) is 3.13. The number of likely N-dealkylation sites (N-methyl/N-ethyl adjacent to an activating group) is 1. The van der Waals surface area contributed by atoms with Gasteiger partial charge in [-0.05, 0) is 25.9 Å². The van der Waals surface area contributed by atoms with Crippen LogP contribution in [0.1, 0.15) is 40.0 Å². The summed E-state index contributed by atoms with van der Waals surface area (Å²) in [5.74, 6) is 0. The zero-order valence-corrected chi connectivity index (χ0v) is 8.51. The summed E-state index contributed by atoms with van der Waals surface area (Å²) >= 11 is 0. The summed E-state index contributed by atoms with van der Waals surface area (Å²) in [6, 6.07) is 0. The molecule has 2 heteroatoms. The molecule has 2 atom stereocenters. The van der Waals surface area contributed by atoms with Gasteiger partial charge in [-0.2, -0.15) is 0 Å². The van der Waals surface area contributed by atoms with Gasteiger partial charge in [0.1, 0.15) is 0 Å². The van der Waals surface area contributed by atoms with Gasteiger partial charge in [-0.1, -0.05) is 27.2 Å². The fraction of sp³-hybridized carbons (Fsp3) is 1.00. The first-order chi connectivity index (χ1) is 5.71. The molecule has 0 spiro atoms. The lowest BCUT2D eigenvalue weighted by Crippen LogP contribution is -2.39. The third-order valence-corrected chi connectivity index (χ3v) is 3.08. The summed E-state index contributed by atoms with van der Waals surface area (Å²) in [6.07, 6.45) is 3.25. The van der Waals surface area contributed by atoms with Crippen molar-refractivity contribution in [3.63, 3.8) is 0 Å². The van der Waals surface area contributed by atoms with Crippen LogP contribution in [0.5, 0.6) is 0 Å². The van der Waals surface area contributed by atoms with Crippen LogP contribution in [0.15, 0.2) is 0 Å². The first kappa shape index (κ1) is 10.0. The number of hydrogen-bond acceptors (Lipinski definition) is 2. The molecule has 0 amide bonds. The first-order valence-corrected chi connectivity index (χ1v) is 5.14. The SMILES string of the molecule is CCCC1(N(CC)CC)CC1O. The van der Waals surface area contributed by atoms with Gasteiger partial charge in [-0.3, -0.25) is 4.90 Å². The Morgan fingerprint density at radius 1 is 1.33 bits per heavy atom. The Labute approximate surface area is 75.6 Å². The third kappa shape index (κ3) is 1.50. The largest absolute Gasteiger partial charge is 0.391 e. The van der Waals surface area contributed by atoms with Crippen LogP contribution in [0.4, 0.5) is 0 Å². The van der Waals surface area contributed by atoms with E-state index >= 15 is 0 Å². The summed E-state index contributed by atoms with van der Waals surface area (Å²) < 4.78 is 0. The molecular weight excluding hydrogens is 150 g/mol. The van der Waals surface area contributed by atoms with Gasteiger partial charge in [0, 0.05) is 5.54 Å². The summed E-state index contributed by atoms with van der Waals surface area (Å²) in [5.41, 5.74) is 0.165. The lowest BCUT2D eigenvalue weighted by Gasteiger charge is -2.29. The van der Waals surface area contributed by atoms with E-state index in [4.69, 9.17) is 0 Å². The predicted octanol–water partition coefficient (Wildman–Crippen LogP) is 1.63. The van der Waals surface area contributed by atoms with Crippen molar-refractivity contribution < 1.29 is 5.11 Å². The maximum Gasteiger partial charge on any atom is 0.0743 e. The zero-order valence-electron chi connectivity index (χ0n) is 8.51. The molecule has 2 unspecified atom stereocenters. The van der Waals surface area contributed by atoms with Crippen LogP contribution in [0.2, 0.25) is 0 Å². The quantitative estimate of drug-likeness (QED) is 0.679. The molecule has 0 heterocycles. The van der Waals surface area contributed by atoms with Crippen molar-refractivity contribution in [3.05, 3.63) is 0 Å². The van der Waals surface area contributed by atoms with E-state index in [0.29, 0.717) is 0 Å². The number of nitrogens with zero attached hydrogens (tertiary/aromatic N) is 1. The second-order valence-corrected chi connectivity index (χ2v) is 3.75. The van der Waals surface area contributed by atoms with Gasteiger partial charge < -0.3 is 5.11 Å². The molecule has 1 rings (SSSR count). The Bertz CT molecular complexity index is 145. The summed E-state index contributed by atoms with van der Waals surface area (Å²) in [6.45, 7) is 8.66. The smallest absolute Gasteiger partial charge is 0.0743 e. The molecule has 1 fully saturated rings. The molecule has 72 valence electrons. The van der Waals surface area contributed by atoms with Crippen LogP contribution >= 0.6 is 0 Å². The summed E-state index contributed by atoms with van der Waals surface area (Å²) in [4.78, 5) is 2.40. The minimum absolute atomic E-state index is 0.0580. The molecule has 0 saturated heterocycles. The number of aliphatic hydroxyl groups excluding tert-OH is 1. The van der Waals surface area contributed by atoms with E-state index in [-0.39, 0.29) is 11.6 Å². The second kappa shape index (κ2) is 3.75. The summed E-state index contributed by atoms with van der Waals surface area (Å²) in [7, 11) is 0. The average Bonchev–Trinajstić information content (AvgIpc) is 2.66. The fourth-order valence-corrected chi connectivity index (χ4v) is 2.33. The van der Waals surface area contributed by atoms with Crippen molar-refractivity contribution in [1.82, 2.24) is 4.90 Å². The van der Waals surface area contributed by atoms with Crippen LogP contribution in [-0.2, 0) is 0 Å². The van der Waals surface area contributed by atoms with Crippen molar-refractivity contribution in [1.29, 1.82) is 0 Å². The van der Waals surface area contributed by atoms with Gasteiger partial charge in [0.15, 0.2) is 0 Å². The molecule has 2 nitrogen and oxygen atoms in total. The topological polar surface area (TPSA) is 23.5 Å². The monoisotopic (exact) mass is 171 g/mol. The van der Waals surface area contributed by atoms with Crippen LogP contribution in [0, 0.1) is 0 Å². The summed E-state index contributed by atoms with van der Waals surface area (Å²) in [5, 5.41) is 9.60. The molecule has 1 aliphatic rings. The average molecular weight is 171 g/mol. The van der Waals surface area contributed by atoms with Gasteiger partial charge in [-0.25, -0.2) is 0 Å². The molecule has 0 aromatic heterocycles. The predicted molar refractivity (Wildman–Crippen MR) is 51.2 cm³/mol. The lowest BCUT2D eigenvalue weighted by atomic mass is 10.1. The second-order valence-electron chi connectivity index (χ2n) is 3.75. The highest BCUT2D eigenvalue weighted by atomic mass is 16.3. The Morgan fingerprint density at radius 3 is 2.08 bits per heavy atom. The van der Waals surface area contributed by atoms with Gasteiger partial charge in [0.2, 0.25) is 0 Å². The molecular formula is C10H21NO. The Balaban J connectivity index is 2.54. The minimum Gasteiger partial charge on any atom is -0.391 e. The van der Waals surface area contributed by atoms with Crippen molar-refractivity contribution >= 4 is 0 Å². The maximum absolute atomic E-state index is 9.60. The fourth-order valence-electron chi connectivity index (χ4n) is 2.33. The number of aliphatic hydroxyl groups is 1. The van der Waals surface area contributed by atoms with Gasteiger partial charge in [0.25, 0.3) is 0 Å². The molecule has 0 aliphatic heterocycles. The third-order valence-electron chi connectivity index (χ3n) is 3.08. The van der Waals surface area contributed by atoms with Crippen molar-refractivity contribution in [2.75, 3.05) is 13.1 Å². The minimum atomic E-state index is -0.0580. The molecule has 1 aliphatic carbocycles. The maximum atomic E-state index is 9.60. The van der Waals surface area contributed by atoms with E-state index in [0.717, 1.165) is 25.9 Å². The van der Waals surface area contributed by atoms with E-state index < -0.39 is 0 Å². The highest BCUT2D eigenvalue weighted by Gasteiger charge is 2.55. The van der Waals surface area contributed by atoms with Gasteiger partial charge >= 0.3 is 0 Å². The molecule has 0 bridgehead atoms. The normalized spacial score (nSPS) is 34.2. The highest BCUT2D eigenvalue weighted by Crippen LogP contribution is 2.45. The highest BCUT2D eigenvalue weighted by molar-refractivity contribution is 5.11. The molecule has 1 N–H and O–H groups in total. The molecule has 0 aromatic rings. The van der Waals surface area contributed by atoms with E-state index in [1.165, 1.54) is 6.42 Å². The van der Waals surface area contributed by atoms with Gasteiger partial charge in [-0.15, -0.1) is 0 Å². The van der Waals surface area contributed by atoms with Crippen LogP contribution in [0.25, 0.3) is 0 Å². The van der Waals surface area contributed by atoms with Crippen LogP contribution in [0.3, 0.4) is 0 Å². The zero-order chi connectivity index (χ0) is 9.19. The lowest BCUT2D eigenvalue weighted by molar-refractivity contribution is 0.120. The number of rotatable bonds is 5. The van der Waals surface area contributed by atoms with Crippen molar-refractivity contribution in [2.24, 2.45) is 0 Å². The van der Waals surface area contributed by atoms with E-state index in [1.54, 1.807) is 0 Å². The molecule has 0 aromatic carbocycles. The van der Waals surface area contributed by atoms with Gasteiger partial charge in [0.05, 0.1) is 6.10 Å². The number of hydrogen-bond donors (Lipinski definition) is 1. The Morgan fingerprint density at radius 2 is 1.83 bits per heavy atom.